The van der Waals surface area contributed by atoms with Crippen LogP contribution in [0.2, 0.25) is 0 Å². The molecular weight excluding hydrogens is 282 g/mol. The molecule has 0 spiro atoms. The van der Waals surface area contributed by atoms with Crippen LogP contribution in [0.15, 0.2) is 12.4 Å². The van der Waals surface area contributed by atoms with Crippen molar-refractivity contribution in [3.8, 4) is 0 Å². The third-order valence-electron chi connectivity index (χ3n) is 2.34. The minimum Gasteiger partial charge on any atom is -0.462 e. The lowest BCUT2D eigenvalue weighted by Gasteiger charge is -2.01. The van der Waals surface area contributed by atoms with Crippen LogP contribution in [0.1, 0.15) is 22.2 Å². The molecule has 0 saturated carbocycles. The molecule has 0 unspecified atom stereocenters. The highest BCUT2D eigenvalue weighted by molar-refractivity contribution is 7.18. The SMILES string of the molecule is CCOC(=O)c1sc(NC(=O)Cn2cnnn2)cc1C. The van der Waals surface area contributed by atoms with E-state index in [4.69, 9.17) is 4.74 Å². The van der Waals surface area contributed by atoms with Gasteiger partial charge >= 0.3 is 5.97 Å². The molecule has 0 radical (unpaired) electrons. The fourth-order valence-electron chi connectivity index (χ4n) is 1.52. The summed E-state index contributed by atoms with van der Waals surface area (Å²) < 4.78 is 6.25. The number of carbonyl (C=O) groups excluding carboxylic acids is 2. The molecule has 20 heavy (non-hydrogen) atoms. The van der Waals surface area contributed by atoms with E-state index in [1.807, 2.05) is 0 Å². The highest BCUT2D eigenvalue weighted by atomic mass is 32.1. The molecule has 0 aliphatic carbocycles. The number of tetrazole rings is 1. The lowest BCUT2D eigenvalue weighted by Crippen LogP contribution is -2.18. The summed E-state index contributed by atoms with van der Waals surface area (Å²) in [6.45, 7) is 3.87. The molecule has 0 fully saturated rings. The van der Waals surface area contributed by atoms with Gasteiger partial charge in [0.25, 0.3) is 0 Å². The normalized spacial score (nSPS) is 10.3. The van der Waals surface area contributed by atoms with Gasteiger partial charge in [-0.2, -0.15) is 0 Å². The minimum atomic E-state index is -0.379. The maximum absolute atomic E-state index is 11.8. The van der Waals surface area contributed by atoms with E-state index in [9.17, 15) is 9.59 Å². The molecule has 2 aromatic rings. The van der Waals surface area contributed by atoms with Crippen molar-refractivity contribution in [3.63, 3.8) is 0 Å². The van der Waals surface area contributed by atoms with Gasteiger partial charge < -0.3 is 10.1 Å². The summed E-state index contributed by atoms with van der Waals surface area (Å²) in [6.07, 6.45) is 1.35. The average Bonchev–Trinajstić information content (AvgIpc) is 2.99. The first-order valence-electron chi connectivity index (χ1n) is 5.88. The number of hydrogen-bond acceptors (Lipinski definition) is 7. The Kier molecular flexibility index (Phi) is 4.41. The maximum Gasteiger partial charge on any atom is 0.348 e. The highest BCUT2D eigenvalue weighted by Gasteiger charge is 2.16. The lowest BCUT2D eigenvalue weighted by atomic mass is 10.3. The van der Waals surface area contributed by atoms with Crippen LogP contribution < -0.4 is 5.32 Å². The summed E-state index contributed by atoms with van der Waals surface area (Å²) >= 11 is 1.18. The molecule has 0 aromatic carbocycles. The van der Waals surface area contributed by atoms with Crippen LogP contribution in [0.5, 0.6) is 0 Å². The first-order chi connectivity index (χ1) is 9.60. The molecule has 1 N–H and O–H groups in total. The number of amides is 1. The van der Waals surface area contributed by atoms with Gasteiger partial charge in [0.05, 0.1) is 11.6 Å². The fourth-order valence-corrected chi connectivity index (χ4v) is 2.50. The van der Waals surface area contributed by atoms with Gasteiger partial charge in [0.1, 0.15) is 17.7 Å². The van der Waals surface area contributed by atoms with Crippen molar-refractivity contribution in [3.05, 3.63) is 22.8 Å². The van der Waals surface area contributed by atoms with Crippen molar-refractivity contribution < 1.29 is 14.3 Å². The Balaban J connectivity index is 2.01. The Morgan fingerprint density at radius 1 is 1.50 bits per heavy atom. The summed E-state index contributed by atoms with van der Waals surface area (Å²) in [5.74, 6) is -0.648. The topological polar surface area (TPSA) is 99.0 Å². The van der Waals surface area contributed by atoms with Crippen molar-refractivity contribution in [1.29, 1.82) is 0 Å². The number of ether oxygens (including phenoxy) is 1. The van der Waals surface area contributed by atoms with Crippen LogP contribution in [-0.4, -0.2) is 38.7 Å². The van der Waals surface area contributed by atoms with E-state index in [2.05, 4.69) is 20.8 Å². The van der Waals surface area contributed by atoms with Crippen LogP contribution in [0.3, 0.4) is 0 Å². The minimum absolute atomic E-state index is 0.0126. The van der Waals surface area contributed by atoms with Crippen molar-refractivity contribution in [1.82, 2.24) is 20.2 Å². The van der Waals surface area contributed by atoms with E-state index < -0.39 is 0 Å². The van der Waals surface area contributed by atoms with Crippen LogP contribution in [0.25, 0.3) is 0 Å². The van der Waals surface area contributed by atoms with Crippen LogP contribution in [0.4, 0.5) is 5.00 Å². The molecule has 8 nitrogen and oxygen atoms in total. The molecule has 9 heteroatoms. The number of carbonyl (C=O) groups is 2. The van der Waals surface area contributed by atoms with Gasteiger partial charge in [-0.3, -0.25) is 4.79 Å². The molecule has 106 valence electrons. The second-order valence-electron chi connectivity index (χ2n) is 3.90. The summed E-state index contributed by atoms with van der Waals surface area (Å²) in [6, 6.07) is 1.73. The number of aryl methyl sites for hydroxylation is 1. The molecule has 2 rings (SSSR count). The monoisotopic (exact) mass is 295 g/mol. The Bertz CT molecular complexity index is 608. The van der Waals surface area contributed by atoms with E-state index in [-0.39, 0.29) is 18.4 Å². The molecule has 0 aliphatic rings. The Morgan fingerprint density at radius 3 is 2.95 bits per heavy atom. The lowest BCUT2D eigenvalue weighted by molar-refractivity contribution is -0.116. The number of thiophene rings is 1. The Labute approximate surface area is 118 Å². The zero-order chi connectivity index (χ0) is 14.5. The maximum atomic E-state index is 11.8. The summed E-state index contributed by atoms with van der Waals surface area (Å²) in [7, 11) is 0. The van der Waals surface area contributed by atoms with Gasteiger partial charge in [-0.1, -0.05) is 0 Å². The van der Waals surface area contributed by atoms with Crippen molar-refractivity contribution in [2.24, 2.45) is 0 Å². The quantitative estimate of drug-likeness (QED) is 0.821. The summed E-state index contributed by atoms with van der Waals surface area (Å²) in [5.41, 5.74) is 0.770. The molecule has 2 heterocycles. The standard InChI is InChI=1S/C11H13N5O3S/c1-3-19-11(18)10-7(2)4-9(20-10)13-8(17)5-16-6-12-14-15-16/h4,6H,3,5H2,1-2H3,(H,13,17). The summed E-state index contributed by atoms with van der Waals surface area (Å²) in [4.78, 5) is 23.9. The summed E-state index contributed by atoms with van der Waals surface area (Å²) in [5, 5.41) is 13.8. The second-order valence-corrected chi connectivity index (χ2v) is 4.95. The molecule has 2 aromatic heterocycles. The molecule has 0 bridgehead atoms. The van der Waals surface area contributed by atoms with Crippen molar-refractivity contribution >= 4 is 28.2 Å². The number of aromatic nitrogens is 4. The molecular formula is C11H13N5O3S. The van der Waals surface area contributed by atoms with Gasteiger partial charge in [0.15, 0.2) is 0 Å². The van der Waals surface area contributed by atoms with Gasteiger partial charge in [-0.25, -0.2) is 9.48 Å². The Morgan fingerprint density at radius 2 is 2.30 bits per heavy atom. The van der Waals surface area contributed by atoms with E-state index >= 15 is 0 Å². The number of rotatable bonds is 5. The molecule has 0 saturated heterocycles. The number of nitrogens with zero attached hydrogens (tertiary/aromatic N) is 4. The van der Waals surface area contributed by atoms with Gasteiger partial charge in [-0.15, -0.1) is 16.4 Å². The number of anilines is 1. The number of esters is 1. The van der Waals surface area contributed by atoms with Crippen molar-refractivity contribution in [2.75, 3.05) is 11.9 Å². The first kappa shape index (κ1) is 14.1. The van der Waals surface area contributed by atoms with E-state index in [1.54, 1.807) is 19.9 Å². The van der Waals surface area contributed by atoms with Crippen molar-refractivity contribution in [2.45, 2.75) is 20.4 Å². The number of nitrogens with one attached hydrogen (secondary N) is 1. The van der Waals surface area contributed by atoms with Crippen LogP contribution >= 0.6 is 11.3 Å². The molecule has 1 amide bonds. The second kappa shape index (κ2) is 6.24. The van der Waals surface area contributed by atoms with Crippen LogP contribution in [-0.2, 0) is 16.1 Å². The fraction of sp³-hybridized carbons (Fsp3) is 0.364. The third-order valence-corrected chi connectivity index (χ3v) is 3.47. The third kappa shape index (κ3) is 3.38. The van der Waals surface area contributed by atoms with Gasteiger partial charge in [0.2, 0.25) is 5.91 Å². The highest BCUT2D eigenvalue weighted by Crippen LogP contribution is 2.27. The zero-order valence-corrected chi connectivity index (χ0v) is 11.8. The molecule has 0 atom stereocenters. The zero-order valence-electron chi connectivity index (χ0n) is 11.0. The van der Waals surface area contributed by atoms with Gasteiger partial charge in [-0.05, 0) is 35.9 Å². The van der Waals surface area contributed by atoms with Gasteiger partial charge in [0, 0.05) is 0 Å². The average molecular weight is 295 g/mol. The number of hydrogen-bond donors (Lipinski definition) is 1. The van der Waals surface area contributed by atoms with E-state index in [0.717, 1.165) is 5.56 Å². The Hall–Kier alpha value is -2.29. The predicted octanol–water partition coefficient (Wildman–Crippen LogP) is 0.858. The van der Waals surface area contributed by atoms with Crippen LogP contribution in [0, 0.1) is 6.92 Å². The smallest absolute Gasteiger partial charge is 0.348 e. The predicted molar refractivity (Wildman–Crippen MR) is 71.5 cm³/mol. The first-order valence-corrected chi connectivity index (χ1v) is 6.70. The van der Waals surface area contributed by atoms with E-state index in [0.29, 0.717) is 16.5 Å². The largest absolute Gasteiger partial charge is 0.462 e. The molecule has 0 aliphatic heterocycles. The van der Waals surface area contributed by atoms with E-state index in [1.165, 1.54) is 22.3 Å².